The van der Waals surface area contributed by atoms with Gasteiger partial charge in [0, 0.05) is 11.8 Å². The average Bonchev–Trinajstić information content (AvgIpc) is 2.74. The summed E-state index contributed by atoms with van der Waals surface area (Å²) < 4.78 is 0. The number of imide groups is 1. The van der Waals surface area contributed by atoms with Gasteiger partial charge in [-0.2, -0.15) is 0 Å². The number of hydrogen-bond donors (Lipinski definition) is 1. The summed E-state index contributed by atoms with van der Waals surface area (Å²) in [5.41, 5.74) is 0.588. The molecule has 1 heterocycles. The van der Waals surface area contributed by atoms with Gasteiger partial charge in [-0.05, 0) is 11.5 Å². The summed E-state index contributed by atoms with van der Waals surface area (Å²) in [4.78, 5) is 25.5. The third kappa shape index (κ3) is 1.81. The second-order valence-electron chi connectivity index (χ2n) is 4.58. The molecule has 0 radical (unpaired) electrons. The van der Waals surface area contributed by atoms with Gasteiger partial charge in [0.25, 0.3) is 5.91 Å². The molecule has 3 amide bonds. The minimum absolute atomic E-state index is 0.200. The number of rotatable bonds is 2. The first kappa shape index (κ1) is 12.2. The van der Waals surface area contributed by atoms with Gasteiger partial charge in [0.1, 0.15) is 6.04 Å². The van der Waals surface area contributed by atoms with Crippen LogP contribution in [-0.4, -0.2) is 18.0 Å². The standard InChI is InChI=1S/C16H12N2O2/c1-2-6-13-15(19)18(16(20)17-13)14-10-5-8-11-7-3-4-9-12(11)14/h1,3-5,7-10,13H,6H2,(H,17,20). The zero-order valence-corrected chi connectivity index (χ0v) is 10.7. The van der Waals surface area contributed by atoms with E-state index in [2.05, 4.69) is 11.2 Å². The molecule has 0 aromatic heterocycles. The van der Waals surface area contributed by atoms with Crippen molar-refractivity contribution >= 4 is 28.4 Å². The van der Waals surface area contributed by atoms with Gasteiger partial charge >= 0.3 is 6.03 Å². The van der Waals surface area contributed by atoms with Crippen molar-refractivity contribution in [3.63, 3.8) is 0 Å². The van der Waals surface area contributed by atoms with Gasteiger partial charge in [0.05, 0.1) is 5.69 Å². The van der Waals surface area contributed by atoms with E-state index in [1.807, 2.05) is 36.4 Å². The quantitative estimate of drug-likeness (QED) is 0.668. The fourth-order valence-corrected chi connectivity index (χ4v) is 2.42. The van der Waals surface area contributed by atoms with Gasteiger partial charge in [-0.1, -0.05) is 36.4 Å². The molecule has 98 valence electrons. The summed E-state index contributed by atoms with van der Waals surface area (Å²) in [5, 5.41) is 4.45. The zero-order chi connectivity index (χ0) is 14.1. The number of hydrogen-bond acceptors (Lipinski definition) is 2. The normalized spacial score (nSPS) is 18.1. The Kier molecular flexibility index (Phi) is 2.88. The number of carbonyl (C=O) groups excluding carboxylic acids is 2. The number of amides is 3. The average molecular weight is 264 g/mol. The van der Waals surface area contributed by atoms with Gasteiger partial charge < -0.3 is 5.32 Å². The van der Waals surface area contributed by atoms with Crippen LogP contribution >= 0.6 is 0 Å². The topological polar surface area (TPSA) is 49.4 Å². The fourth-order valence-electron chi connectivity index (χ4n) is 2.42. The van der Waals surface area contributed by atoms with Crippen molar-refractivity contribution in [2.45, 2.75) is 12.5 Å². The minimum atomic E-state index is -0.633. The number of benzene rings is 2. The first-order chi connectivity index (χ1) is 9.72. The maximum Gasteiger partial charge on any atom is 0.329 e. The Morgan fingerprint density at radius 3 is 2.70 bits per heavy atom. The summed E-state index contributed by atoms with van der Waals surface area (Å²) in [6, 6.07) is 12.1. The first-order valence-corrected chi connectivity index (χ1v) is 6.28. The van der Waals surface area contributed by atoms with E-state index in [4.69, 9.17) is 6.42 Å². The molecule has 0 spiro atoms. The Balaban J connectivity index is 2.10. The van der Waals surface area contributed by atoms with Gasteiger partial charge in [0.15, 0.2) is 0 Å². The summed E-state index contributed by atoms with van der Waals surface area (Å²) in [5.74, 6) is 2.11. The van der Waals surface area contributed by atoms with Crippen molar-refractivity contribution in [3.05, 3.63) is 42.5 Å². The predicted octanol–water partition coefficient (Wildman–Crippen LogP) is 2.29. The van der Waals surface area contributed by atoms with Crippen LogP contribution in [0.15, 0.2) is 42.5 Å². The number of carbonyl (C=O) groups is 2. The fraction of sp³-hybridized carbons (Fsp3) is 0.125. The minimum Gasteiger partial charge on any atom is -0.324 e. The van der Waals surface area contributed by atoms with Crippen molar-refractivity contribution in [2.24, 2.45) is 0 Å². The van der Waals surface area contributed by atoms with Crippen molar-refractivity contribution in [1.29, 1.82) is 0 Å². The van der Waals surface area contributed by atoms with E-state index in [0.29, 0.717) is 5.69 Å². The third-order valence-electron chi connectivity index (χ3n) is 3.35. The molecule has 2 aromatic rings. The number of fused-ring (bicyclic) bond motifs is 1. The lowest BCUT2D eigenvalue weighted by molar-refractivity contribution is -0.118. The summed E-state index contributed by atoms with van der Waals surface area (Å²) in [6.07, 6.45) is 5.42. The summed E-state index contributed by atoms with van der Waals surface area (Å²) in [7, 11) is 0. The lowest BCUT2D eigenvalue weighted by Crippen LogP contribution is -2.31. The summed E-state index contributed by atoms with van der Waals surface area (Å²) >= 11 is 0. The molecule has 1 aliphatic rings. The van der Waals surface area contributed by atoms with Crippen LogP contribution in [0.3, 0.4) is 0 Å². The molecule has 2 aromatic carbocycles. The molecular weight excluding hydrogens is 252 g/mol. The highest BCUT2D eigenvalue weighted by atomic mass is 16.2. The molecule has 0 bridgehead atoms. The molecule has 20 heavy (non-hydrogen) atoms. The van der Waals surface area contributed by atoms with Crippen molar-refractivity contribution in [1.82, 2.24) is 5.32 Å². The molecule has 4 nitrogen and oxygen atoms in total. The Hall–Kier alpha value is -2.80. The Morgan fingerprint density at radius 1 is 1.15 bits per heavy atom. The van der Waals surface area contributed by atoms with E-state index in [1.165, 1.54) is 4.90 Å². The molecule has 1 unspecified atom stereocenters. The monoisotopic (exact) mass is 264 g/mol. The molecule has 1 fully saturated rings. The number of anilines is 1. The highest BCUT2D eigenvalue weighted by Crippen LogP contribution is 2.29. The molecule has 0 saturated carbocycles. The van der Waals surface area contributed by atoms with Crippen molar-refractivity contribution < 1.29 is 9.59 Å². The lowest BCUT2D eigenvalue weighted by atomic mass is 10.1. The van der Waals surface area contributed by atoms with Crippen LogP contribution in [0.2, 0.25) is 0 Å². The van der Waals surface area contributed by atoms with Gasteiger partial charge in [0.2, 0.25) is 0 Å². The Morgan fingerprint density at radius 2 is 1.90 bits per heavy atom. The second kappa shape index (κ2) is 4.71. The molecule has 4 heteroatoms. The molecule has 1 saturated heterocycles. The third-order valence-corrected chi connectivity index (χ3v) is 3.35. The van der Waals surface area contributed by atoms with Crippen LogP contribution in [0.5, 0.6) is 0 Å². The molecule has 0 aliphatic carbocycles. The number of nitrogens with one attached hydrogen (secondary N) is 1. The molecule has 1 atom stereocenters. The van der Waals surface area contributed by atoms with Crippen LogP contribution in [0.25, 0.3) is 10.8 Å². The van der Waals surface area contributed by atoms with E-state index in [-0.39, 0.29) is 12.3 Å². The lowest BCUT2D eigenvalue weighted by Gasteiger charge is -2.15. The van der Waals surface area contributed by atoms with Gasteiger partial charge in [-0.3, -0.25) is 4.79 Å². The van der Waals surface area contributed by atoms with Gasteiger partial charge in [-0.25, -0.2) is 9.69 Å². The van der Waals surface area contributed by atoms with E-state index in [0.717, 1.165) is 10.8 Å². The van der Waals surface area contributed by atoms with E-state index < -0.39 is 12.1 Å². The number of urea groups is 1. The highest BCUT2D eigenvalue weighted by Gasteiger charge is 2.38. The first-order valence-electron chi connectivity index (χ1n) is 6.28. The Bertz CT molecular complexity index is 740. The highest BCUT2D eigenvalue weighted by molar-refractivity contribution is 6.24. The SMILES string of the molecule is C#CCC1NC(=O)N(c2cccc3ccccc23)C1=O. The maximum atomic E-state index is 12.3. The van der Waals surface area contributed by atoms with Gasteiger partial charge in [-0.15, -0.1) is 12.3 Å². The molecule has 3 rings (SSSR count). The predicted molar refractivity (Wildman–Crippen MR) is 77.2 cm³/mol. The van der Waals surface area contributed by atoms with Crippen molar-refractivity contribution in [3.8, 4) is 12.3 Å². The van der Waals surface area contributed by atoms with Crippen LogP contribution in [0, 0.1) is 12.3 Å². The number of terminal acetylenes is 1. The van der Waals surface area contributed by atoms with E-state index in [1.54, 1.807) is 6.07 Å². The Labute approximate surface area is 116 Å². The smallest absolute Gasteiger partial charge is 0.324 e. The maximum absolute atomic E-state index is 12.3. The largest absolute Gasteiger partial charge is 0.329 e. The summed E-state index contributed by atoms with van der Waals surface area (Å²) in [6.45, 7) is 0. The van der Waals surface area contributed by atoms with E-state index >= 15 is 0 Å². The van der Waals surface area contributed by atoms with Crippen LogP contribution in [-0.2, 0) is 4.79 Å². The molecule has 1 N–H and O–H groups in total. The van der Waals surface area contributed by atoms with Crippen LogP contribution in [0.1, 0.15) is 6.42 Å². The second-order valence-corrected chi connectivity index (χ2v) is 4.58. The van der Waals surface area contributed by atoms with Crippen LogP contribution in [0.4, 0.5) is 10.5 Å². The number of nitrogens with zero attached hydrogens (tertiary/aromatic N) is 1. The molecular formula is C16H12N2O2. The van der Waals surface area contributed by atoms with E-state index in [9.17, 15) is 9.59 Å². The molecule has 1 aliphatic heterocycles. The zero-order valence-electron chi connectivity index (χ0n) is 10.7. The van der Waals surface area contributed by atoms with Crippen LogP contribution < -0.4 is 10.2 Å². The van der Waals surface area contributed by atoms with Crippen molar-refractivity contribution in [2.75, 3.05) is 4.90 Å².